The summed E-state index contributed by atoms with van der Waals surface area (Å²) in [5.41, 5.74) is 0.874. The number of benzene rings is 2. The van der Waals surface area contributed by atoms with Gasteiger partial charge in [0.05, 0.1) is 14.3 Å². The highest BCUT2D eigenvalue weighted by Gasteiger charge is 2.22. The molecule has 2 aromatic carbocycles. The van der Waals surface area contributed by atoms with Crippen molar-refractivity contribution in [2.24, 2.45) is 0 Å². The molecule has 0 aliphatic carbocycles. The monoisotopic (exact) mass is 528 g/mol. The zero-order valence-electron chi connectivity index (χ0n) is 14.5. The Balaban J connectivity index is 2.27. The van der Waals surface area contributed by atoms with E-state index >= 15 is 0 Å². The van der Waals surface area contributed by atoms with Crippen LogP contribution in [-0.2, 0) is 10.0 Å². The Morgan fingerprint density at radius 3 is 2.50 bits per heavy atom. The van der Waals surface area contributed by atoms with Crippen LogP contribution in [0.2, 0.25) is 10.0 Å². The van der Waals surface area contributed by atoms with Gasteiger partial charge in [-0.05, 0) is 73.4 Å². The van der Waals surface area contributed by atoms with Crippen LogP contribution in [0, 0.1) is 10.5 Å². The second-order valence-electron chi connectivity index (χ2n) is 5.94. The summed E-state index contributed by atoms with van der Waals surface area (Å²) in [5, 5.41) is 0.466. The number of likely N-dealkylation sites (N-methyl/N-ethyl adjacent to an activating group) is 1. The first-order valence-electron chi connectivity index (χ1n) is 7.65. The van der Waals surface area contributed by atoms with Crippen LogP contribution in [0.1, 0.15) is 5.56 Å². The highest BCUT2D eigenvalue weighted by molar-refractivity contribution is 14.1. The Morgan fingerprint density at radius 2 is 1.88 bits per heavy atom. The van der Waals surface area contributed by atoms with Crippen molar-refractivity contribution in [1.29, 1.82) is 0 Å². The number of sulfonamides is 1. The molecule has 0 bridgehead atoms. The molecular weight excluding hydrogens is 510 g/mol. The summed E-state index contributed by atoms with van der Waals surface area (Å²) in [6.45, 7) is 2.91. The lowest BCUT2D eigenvalue weighted by atomic mass is 10.2. The molecule has 5 nitrogen and oxygen atoms in total. The van der Waals surface area contributed by atoms with Crippen molar-refractivity contribution in [2.45, 2.75) is 11.8 Å². The van der Waals surface area contributed by atoms with Gasteiger partial charge in [0.2, 0.25) is 0 Å². The van der Waals surface area contributed by atoms with Gasteiger partial charge < -0.3 is 9.64 Å². The second kappa shape index (κ2) is 8.97. The molecule has 0 aromatic heterocycles. The largest absolute Gasteiger partial charge is 0.491 e. The first-order chi connectivity index (χ1) is 12.1. The zero-order valence-corrected chi connectivity index (χ0v) is 19.0. The molecule has 0 atom stereocenters. The topological polar surface area (TPSA) is 58.6 Å². The molecule has 0 unspecified atom stereocenters. The Hall–Kier alpha value is -0.740. The molecule has 2 aromatic rings. The van der Waals surface area contributed by atoms with Gasteiger partial charge in [-0.1, -0.05) is 23.2 Å². The minimum absolute atomic E-state index is 0.0113. The van der Waals surface area contributed by atoms with Crippen molar-refractivity contribution in [1.82, 2.24) is 4.90 Å². The van der Waals surface area contributed by atoms with E-state index < -0.39 is 10.0 Å². The van der Waals surface area contributed by atoms with Crippen LogP contribution >= 0.6 is 45.8 Å². The molecule has 0 aliphatic heterocycles. The number of nitrogens with one attached hydrogen (secondary N) is 1. The van der Waals surface area contributed by atoms with Gasteiger partial charge in [0.1, 0.15) is 17.3 Å². The van der Waals surface area contributed by atoms with Gasteiger partial charge >= 0.3 is 0 Å². The summed E-state index contributed by atoms with van der Waals surface area (Å²) < 4.78 is 34.7. The fraction of sp³-hybridized carbons (Fsp3) is 0.294. The lowest BCUT2D eigenvalue weighted by Crippen LogP contribution is -2.19. The molecule has 9 heteroatoms. The van der Waals surface area contributed by atoms with Gasteiger partial charge in [0.25, 0.3) is 10.0 Å². The highest BCUT2D eigenvalue weighted by Crippen LogP contribution is 2.31. The van der Waals surface area contributed by atoms with Crippen molar-refractivity contribution >= 4 is 61.5 Å². The fourth-order valence-corrected chi connectivity index (χ4v) is 4.98. The van der Waals surface area contributed by atoms with E-state index in [-0.39, 0.29) is 9.92 Å². The highest BCUT2D eigenvalue weighted by atomic mass is 127. The first kappa shape index (κ1) is 21.6. The van der Waals surface area contributed by atoms with Gasteiger partial charge in [0.15, 0.2) is 0 Å². The number of rotatable bonds is 7. The van der Waals surface area contributed by atoms with E-state index in [0.717, 1.165) is 10.1 Å². The Bertz CT molecular complexity index is 882. The normalized spacial score (nSPS) is 11.7. The maximum Gasteiger partial charge on any atom is 0.263 e. The minimum atomic E-state index is -3.86. The Kier molecular flexibility index (Phi) is 7.43. The van der Waals surface area contributed by atoms with Crippen LogP contribution in [0.25, 0.3) is 0 Å². The lowest BCUT2D eigenvalue weighted by molar-refractivity contribution is 0.260. The molecule has 0 saturated heterocycles. The van der Waals surface area contributed by atoms with Gasteiger partial charge in [-0.25, -0.2) is 8.42 Å². The number of ether oxygens (including phenoxy) is 1. The average Bonchev–Trinajstić information content (AvgIpc) is 2.48. The smallest absolute Gasteiger partial charge is 0.263 e. The Morgan fingerprint density at radius 1 is 1.19 bits per heavy atom. The van der Waals surface area contributed by atoms with E-state index in [1.165, 1.54) is 6.07 Å². The molecular formula is C17H19Cl2IN2O3S. The summed E-state index contributed by atoms with van der Waals surface area (Å²) in [6.07, 6.45) is 0. The minimum Gasteiger partial charge on any atom is -0.491 e. The van der Waals surface area contributed by atoms with Crippen molar-refractivity contribution < 1.29 is 13.2 Å². The summed E-state index contributed by atoms with van der Waals surface area (Å²) in [4.78, 5) is 2.02. The van der Waals surface area contributed by atoms with Crippen LogP contribution in [0.15, 0.2) is 35.2 Å². The van der Waals surface area contributed by atoms with Crippen LogP contribution < -0.4 is 9.46 Å². The SMILES string of the molecule is Cc1cc(Cl)cc(Cl)c1S(=O)(=O)Nc1ccc(I)c(OCCN(C)C)c1. The average molecular weight is 529 g/mol. The van der Waals surface area contributed by atoms with Crippen molar-refractivity contribution in [3.8, 4) is 5.75 Å². The standard InChI is InChI=1S/C17H19Cl2IN2O3S/c1-11-8-12(18)9-14(19)17(11)26(23,24)21-13-4-5-15(20)16(10-13)25-7-6-22(2)3/h4-5,8-10,21H,6-7H2,1-3H3. The molecule has 0 fully saturated rings. The maximum absolute atomic E-state index is 12.8. The third kappa shape index (κ3) is 5.63. The van der Waals surface area contributed by atoms with Gasteiger partial charge in [0, 0.05) is 17.6 Å². The van der Waals surface area contributed by atoms with E-state index in [1.807, 2.05) is 19.0 Å². The van der Waals surface area contributed by atoms with Crippen molar-refractivity contribution in [3.63, 3.8) is 0 Å². The molecule has 0 aliphatic rings. The first-order valence-corrected chi connectivity index (χ1v) is 11.0. The number of aryl methyl sites for hydroxylation is 1. The van der Waals surface area contributed by atoms with Crippen LogP contribution in [-0.4, -0.2) is 40.6 Å². The predicted octanol–water partition coefficient (Wildman–Crippen LogP) is 4.65. The van der Waals surface area contributed by atoms with Crippen LogP contribution in [0.5, 0.6) is 5.75 Å². The van der Waals surface area contributed by atoms with Gasteiger partial charge in [-0.2, -0.15) is 0 Å². The molecule has 0 spiro atoms. The number of anilines is 1. The van der Waals surface area contributed by atoms with E-state index in [9.17, 15) is 8.42 Å². The number of hydrogen-bond donors (Lipinski definition) is 1. The molecule has 26 heavy (non-hydrogen) atoms. The van der Waals surface area contributed by atoms with Crippen LogP contribution in [0.3, 0.4) is 0 Å². The fourth-order valence-electron chi connectivity index (χ4n) is 2.25. The van der Waals surface area contributed by atoms with Crippen molar-refractivity contribution in [2.75, 3.05) is 32.0 Å². The van der Waals surface area contributed by atoms with E-state index in [1.54, 1.807) is 31.2 Å². The van der Waals surface area contributed by atoms with E-state index in [4.69, 9.17) is 27.9 Å². The molecule has 142 valence electrons. The molecule has 0 saturated carbocycles. The molecule has 2 rings (SSSR count). The number of hydrogen-bond acceptors (Lipinski definition) is 4. The predicted molar refractivity (Wildman–Crippen MR) is 115 cm³/mol. The van der Waals surface area contributed by atoms with Crippen LogP contribution in [0.4, 0.5) is 5.69 Å². The number of nitrogens with zero attached hydrogens (tertiary/aromatic N) is 1. The number of halogens is 3. The summed E-state index contributed by atoms with van der Waals surface area (Å²) >= 11 is 14.2. The lowest BCUT2D eigenvalue weighted by Gasteiger charge is -2.15. The zero-order chi connectivity index (χ0) is 19.5. The van der Waals surface area contributed by atoms with Crippen molar-refractivity contribution in [3.05, 3.63) is 49.5 Å². The van der Waals surface area contributed by atoms with Gasteiger partial charge in [-0.15, -0.1) is 0 Å². The molecule has 0 radical (unpaired) electrons. The quantitative estimate of drug-likeness (QED) is 0.531. The summed E-state index contributed by atoms with van der Waals surface area (Å²) in [5.74, 6) is 0.617. The maximum atomic E-state index is 12.8. The van der Waals surface area contributed by atoms with Gasteiger partial charge in [-0.3, -0.25) is 4.72 Å². The third-order valence-electron chi connectivity index (χ3n) is 3.44. The third-order valence-corrected chi connectivity index (χ3v) is 6.55. The van der Waals surface area contributed by atoms with E-state index in [2.05, 4.69) is 27.3 Å². The molecule has 1 N–H and O–H groups in total. The van der Waals surface area contributed by atoms with E-state index in [0.29, 0.717) is 28.6 Å². The molecule has 0 amide bonds. The summed E-state index contributed by atoms with van der Waals surface area (Å²) in [7, 11) is 0.0490. The molecule has 0 heterocycles. The second-order valence-corrected chi connectivity index (χ2v) is 9.56. The Labute approximate surface area is 177 Å². The summed E-state index contributed by atoms with van der Waals surface area (Å²) in [6, 6.07) is 8.10.